The Hall–Kier alpha value is -1.73. The van der Waals surface area contributed by atoms with Crippen molar-refractivity contribution in [1.82, 2.24) is 14.3 Å². The Morgan fingerprint density at radius 3 is 2.58 bits per heavy atom. The molecule has 0 radical (unpaired) electrons. The van der Waals surface area contributed by atoms with Crippen LogP contribution in [0.1, 0.15) is 5.82 Å². The molecule has 19 heavy (non-hydrogen) atoms. The Morgan fingerprint density at radius 2 is 2.00 bits per heavy atom. The lowest BCUT2D eigenvalue weighted by molar-refractivity contribution is 0.579. The average molecular weight is 283 g/mol. The molecule has 1 aromatic carbocycles. The van der Waals surface area contributed by atoms with E-state index in [4.69, 9.17) is 0 Å². The van der Waals surface area contributed by atoms with Crippen molar-refractivity contribution in [1.29, 1.82) is 0 Å². The number of benzene rings is 1. The summed E-state index contributed by atoms with van der Waals surface area (Å²) in [5, 5.41) is 0. The molecule has 102 valence electrons. The molecule has 1 heterocycles. The molecule has 0 amide bonds. The van der Waals surface area contributed by atoms with Crippen molar-refractivity contribution < 1.29 is 12.8 Å². The molecular weight excluding hydrogens is 269 g/mol. The molecule has 2 rings (SSSR count). The molecule has 0 bridgehead atoms. The van der Waals surface area contributed by atoms with Gasteiger partial charge in [-0.25, -0.2) is 22.5 Å². The van der Waals surface area contributed by atoms with Crippen molar-refractivity contribution in [3.8, 4) is 0 Å². The monoisotopic (exact) mass is 283 g/mol. The Kier molecular flexibility index (Phi) is 3.96. The highest BCUT2D eigenvalue weighted by molar-refractivity contribution is 7.89. The fourth-order valence-electron chi connectivity index (χ4n) is 1.63. The molecule has 7 heteroatoms. The van der Waals surface area contributed by atoms with E-state index in [9.17, 15) is 12.8 Å². The van der Waals surface area contributed by atoms with Gasteiger partial charge in [0, 0.05) is 32.4 Å². The number of hydrogen-bond donors (Lipinski definition) is 1. The van der Waals surface area contributed by atoms with Crippen molar-refractivity contribution in [3.63, 3.8) is 0 Å². The van der Waals surface area contributed by atoms with Crippen LogP contribution in [0, 0.1) is 5.82 Å². The minimum absolute atomic E-state index is 0.0498. The van der Waals surface area contributed by atoms with E-state index in [1.165, 1.54) is 12.1 Å². The molecule has 0 aliphatic heterocycles. The van der Waals surface area contributed by atoms with Crippen LogP contribution in [0.3, 0.4) is 0 Å². The van der Waals surface area contributed by atoms with E-state index < -0.39 is 15.8 Å². The molecule has 0 atom stereocenters. The van der Waals surface area contributed by atoms with E-state index in [0.717, 1.165) is 18.0 Å². The number of nitrogens with zero attached hydrogens (tertiary/aromatic N) is 2. The quantitative estimate of drug-likeness (QED) is 0.893. The number of halogens is 1. The first-order chi connectivity index (χ1) is 8.99. The number of sulfonamides is 1. The van der Waals surface area contributed by atoms with Crippen molar-refractivity contribution in [2.45, 2.75) is 11.3 Å². The largest absolute Gasteiger partial charge is 0.338 e. The van der Waals surface area contributed by atoms with Crippen LogP contribution in [0.15, 0.2) is 41.6 Å². The molecule has 0 aliphatic rings. The van der Waals surface area contributed by atoms with E-state index >= 15 is 0 Å². The van der Waals surface area contributed by atoms with E-state index in [-0.39, 0.29) is 11.4 Å². The minimum Gasteiger partial charge on any atom is -0.338 e. The Bertz CT molecular complexity index is 650. The molecule has 5 nitrogen and oxygen atoms in total. The second-order valence-corrected chi connectivity index (χ2v) is 5.82. The molecule has 0 unspecified atom stereocenters. The first-order valence-corrected chi connectivity index (χ1v) is 7.19. The molecule has 1 N–H and O–H groups in total. The summed E-state index contributed by atoms with van der Waals surface area (Å²) in [4.78, 5) is 4.15. The zero-order chi connectivity index (χ0) is 13.9. The SMILES string of the molecule is Cn1ccnc1CCNS(=O)(=O)c1ccc(F)cc1. The summed E-state index contributed by atoms with van der Waals surface area (Å²) in [5.41, 5.74) is 0. The number of hydrogen-bond acceptors (Lipinski definition) is 3. The maximum Gasteiger partial charge on any atom is 0.240 e. The van der Waals surface area contributed by atoms with Crippen LogP contribution >= 0.6 is 0 Å². The summed E-state index contributed by atoms with van der Waals surface area (Å²) in [7, 11) is -1.75. The highest BCUT2D eigenvalue weighted by atomic mass is 32.2. The fraction of sp³-hybridized carbons (Fsp3) is 0.250. The maximum absolute atomic E-state index is 12.7. The molecule has 2 aromatic rings. The number of imidazole rings is 1. The summed E-state index contributed by atoms with van der Waals surface area (Å²) >= 11 is 0. The summed E-state index contributed by atoms with van der Waals surface area (Å²) in [6.07, 6.45) is 3.94. The van der Waals surface area contributed by atoms with Gasteiger partial charge in [-0.15, -0.1) is 0 Å². The average Bonchev–Trinajstić information content (AvgIpc) is 2.75. The van der Waals surface area contributed by atoms with Gasteiger partial charge in [0.05, 0.1) is 4.90 Å². The Morgan fingerprint density at radius 1 is 1.32 bits per heavy atom. The van der Waals surface area contributed by atoms with Crippen molar-refractivity contribution in [2.24, 2.45) is 7.05 Å². The van der Waals surface area contributed by atoms with Gasteiger partial charge in [-0.1, -0.05) is 0 Å². The highest BCUT2D eigenvalue weighted by Gasteiger charge is 2.13. The van der Waals surface area contributed by atoms with Gasteiger partial charge in [-0.3, -0.25) is 0 Å². The summed E-state index contributed by atoms with van der Waals surface area (Å²) < 4.78 is 40.8. The summed E-state index contributed by atoms with van der Waals surface area (Å²) in [6, 6.07) is 4.71. The van der Waals surface area contributed by atoms with Gasteiger partial charge in [0.2, 0.25) is 10.0 Å². The van der Waals surface area contributed by atoms with Crippen molar-refractivity contribution in [3.05, 3.63) is 48.3 Å². The Balaban J connectivity index is 1.98. The van der Waals surface area contributed by atoms with Gasteiger partial charge in [0.1, 0.15) is 11.6 Å². The van der Waals surface area contributed by atoms with Gasteiger partial charge >= 0.3 is 0 Å². The lowest BCUT2D eigenvalue weighted by atomic mass is 10.4. The normalized spacial score (nSPS) is 11.7. The fourth-order valence-corrected chi connectivity index (χ4v) is 2.66. The van der Waals surface area contributed by atoms with Gasteiger partial charge in [-0.2, -0.15) is 0 Å². The predicted octanol–water partition coefficient (Wildman–Crippen LogP) is 1.08. The third kappa shape index (κ3) is 3.39. The molecule has 1 aromatic heterocycles. The van der Waals surface area contributed by atoms with E-state index in [1.807, 2.05) is 11.6 Å². The molecule has 0 aliphatic carbocycles. The number of aryl methyl sites for hydroxylation is 1. The highest BCUT2D eigenvalue weighted by Crippen LogP contribution is 2.09. The van der Waals surface area contributed by atoms with Gasteiger partial charge in [-0.05, 0) is 24.3 Å². The van der Waals surface area contributed by atoms with Crippen LogP contribution in [0.2, 0.25) is 0 Å². The first kappa shape index (κ1) is 13.7. The van der Waals surface area contributed by atoms with Crippen LogP contribution in [0.25, 0.3) is 0 Å². The van der Waals surface area contributed by atoms with Crippen LogP contribution in [-0.2, 0) is 23.5 Å². The van der Waals surface area contributed by atoms with Crippen molar-refractivity contribution in [2.75, 3.05) is 6.54 Å². The summed E-state index contributed by atoms with van der Waals surface area (Å²) in [5.74, 6) is 0.328. The number of aromatic nitrogens is 2. The number of nitrogens with one attached hydrogen (secondary N) is 1. The zero-order valence-electron chi connectivity index (χ0n) is 10.4. The second-order valence-electron chi connectivity index (χ2n) is 4.06. The minimum atomic E-state index is -3.60. The lowest BCUT2D eigenvalue weighted by Crippen LogP contribution is -2.26. The van der Waals surface area contributed by atoms with Gasteiger partial charge < -0.3 is 4.57 Å². The van der Waals surface area contributed by atoms with E-state index in [0.29, 0.717) is 6.42 Å². The standard InChI is InChI=1S/C12H14FN3O2S/c1-16-9-8-14-12(16)6-7-15-19(17,18)11-4-2-10(13)3-5-11/h2-5,8-9,15H,6-7H2,1H3. The predicted molar refractivity (Wildman–Crippen MR) is 68.5 cm³/mol. The van der Waals surface area contributed by atoms with Gasteiger partial charge in [0.25, 0.3) is 0 Å². The van der Waals surface area contributed by atoms with E-state index in [1.54, 1.807) is 12.4 Å². The second kappa shape index (κ2) is 5.50. The Labute approximate surface area is 111 Å². The van der Waals surface area contributed by atoms with E-state index in [2.05, 4.69) is 9.71 Å². The molecular formula is C12H14FN3O2S. The third-order valence-corrected chi connectivity index (χ3v) is 4.16. The van der Waals surface area contributed by atoms with Crippen molar-refractivity contribution >= 4 is 10.0 Å². The maximum atomic E-state index is 12.7. The number of rotatable bonds is 5. The molecule has 0 saturated carbocycles. The molecule has 0 spiro atoms. The van der Waals surface area contributed by atoms with Gasteiger partial charge in [0.15, 0.2) is 0 Å². The van der Waals surface area contributed by atoms with Crippen LogP contribution in [-0.4, -0.2) is 24.5 Å². The first-order valence-electron chi connectivity index (χ1n) is 5.70. The van der Waals surface area contributed by atoms with Crippen LogP contribution in [0.5, 0.6) is 0 Å². The smallest absolute Gasteiger partial charge is 0.240 e. The lowest BCUT2D eigenvalue weighted by Gasteiger charge is -2.06. The molecule has 0 fully saturated rings. The van der Waals surface area contributed by atoms with Crippen LogP contribution in [0.4, 0.5) is 4.39 Å². The third-order valence-electron chi connectivity index (χ3n) is 2.69. The molecule has 0 saturated heterocycles. The van der Waals surface area contributed by atoms with Crippen LogP contribution < -0.4 is 4.72 Å². The topological polar surface area (TPSA) is 64.0 Å². The summed E-state index contributed by atoms with van der Waals surface area (Å²) in [6.45, 7) is 0.241. The zero-order valence-corrected chi connectivity index (χ0v) is 11.2.